The third-order valence-corrected chi connectivity index (χ3v) is 2.20. The maximum absolute atomic E-state index is 11.1. The molecule has 0 spiro atoms. The standard InChI is InChI=1S/C12H13NO3/c1-2-12(14)13-9-4-5-10-11(8-9)16-7-3-6-15-10/h2,4-5,8H,1,3,6-7H2,(H,13,14). The Labute approximate surface area is 93.9 Å². The molecule has 4 nitrogen and oxygen atoms in total. The van der Waals surface area contributed by atoms with E-state index >= 15 is 0 Å². The number of carbonyl (C=O) groups is 1. The molecule has 1 aliphatic rings. The molecule has 0 aromatic heterocycles. The first-order chi connectivity index (χ1) is 7.79. The van der Waals surface area contributed by atoms with Crippen molar-refractivity contribution in [3.63, 3.8) is 0 Å². The Kier molecular flexibility index (Phi) is 3.10. The van der Waals surface area contributed by atoms with Crippen molar-refractivity contribution >= 4 is 11.6 Å². The number of anilines is 1. The molecule has 0 radical (unpaired) electrons. The minimum atomic E-state index is -0.241. The van der Waals surface area contributed by atoms with Crippen molar-refractivity contribution in [2.24, 2.45) is 0 Å². The Bertz CT molecular complexity index is 415. The van der Waals surface area contributed by atoms with Crippen LogP contribution in [0.25, 0.3) is 0 Å². The van der Waals surface area contributed by atoms with Gasteiger partial charge in [0.2, 0.25) is 5.91 Å². The molecule has 1 N–H and O–H groups in total. The summed E-state index contributed by atoms with van der Waals surface area (Å²) in [5.41, 5.74) is 0.675. The zero-order valence-corrected chi connectivity index (χ0v) is 8.86. The summed E-state index contributed by atoms with van der Waals surface area (Å²) in [6, 6.07) is 5.32. The summed E-state index contributed by atoms with van der Waals surface area (Å²) >= 11 is 0. The lowest BCUT2D eigenvalue weighted by atomic mass is 10.2. The molecule has 16 heavy (non-hydrogen) atoms. The number of amides is 1. The molecule has 0 saturated heterocycles. The van der Waals surface area contributed by atoms with E-state index < -0.39 is 0 Å². The van der Waals surface area contributed by atoms with Gasteiger partial charge in [-0.05, 0) is 18.2 Å². The fourth-order valence-electron chi connectivity index (χ4n) is 1.43. The van der Waals surface area contributed by atoms with E-state index in [-0.39, 0.29) is 5.91 Å². The Hall–Kier alpha value is -1.97. The summed E-state index contributed by atoms with van der Waals surface area (Å²) in [5.74, 6) is 1.14. The van der Waals surface area contributed by atoms with E-state index in [1.807, 2.05) is 0 Å². The van der Waals surface area contributed by atoms with Crippen molar-refractivity contribution in [3.8, 4) is 11.5 Å². The van der Waals surface area contributed by atoms with Crippen LogP contribution in [0.1, 0.15) is 6.42 Å². The Morgan fingerprint density at radius 2 is 2.06 bits per heavy atom. The third kappa shape index (κ3) is 2.34. The second kappa shape index (κ2) is 4.70. The average molecular weight is 219 g/mol. The van der Waals surface area contributed by atoms with Crippen LogP contribution >= 0.6 is 0 Å². The molecule has 0 aliphatic carbocycles. The number of ether oxygens (including phenoxy) is 2. The van der Waals surface area contributed by atoms with Crippen LogP contribution in [-0.2, 0) is 4.79 Å². The first-order valence-corrected chi connectivity index (χ1v) is 5.12. The van der Waals surface area contributed by atoms with E-state index in [1.165, 1.54) is 6.08 Å². The third-order valence-electron chi connectivity index (χ3n) is 2.20. The van der Waals surface area contributed by atoms with Crippen LogP contribution in [0, 0.1) is 0 Å². The molecule has 1 aromatic carbocycles. The molecule has 1 aliphatic heterocycles. The van der Waals surface area contributed by atoms with Crippen molar-refractivity contribution in [2.45, 2.75) is 6.42 Å². The van der Waals surface area contributed by atoms with E-state index in [4.69, 9.17) is 9.47 Å². The molecule has 1 heterocycles. The lowest BCUT2D eigenvalue weighted by Crippen LogP contribution is -2.07. The maximum Gasteiger partial charge on any atom is 0.247 e. The summed E-state index contributed by atoms with van der Waals surface area (Å²) in [5, 5.41) is 2.67. The molecule has 0 saturated carbocycles. The van der Waals surface area contributed by atoms with Crippen LogP contribution in [0.2, 0.25) is 0 Å². The number of benzene rings is 1. The summed E-state index contributed by atoms with van der Waals surface area (Å²) in [6.45, 7) is 4.68. The topological polar surface area (TPSA) is 47.6 Å². The fourth-order valence-corrected chi connectivity index (χ4v) is 1.43. The molecular formula is C12H13NO3. The van der Waals surface area contributed by atoms with Gasteiger partial charge in [-0.3, -0.25) is 4.79 Å². The highest BCUT2D eigenvalue weighted by Crippen LogP contribution is 2.32. The van der Waals surface area contributed by atoms with Crippen molar-refractivity contribution in [1.29, 1.82) is 0 Å². The summed E-state index contributed by atoms with van der Waals surface area (Å²) in [7, 11) is 0. The quantitative estimate of drug-likeness (QED) is 0.773. The first-order valence-electron chi connectivity index (χ1n) is 5.12. The van der Waals surface area contributed by atoms with Gasteiger partial charge >= 0.3 is 0 Å². The number of fused-ring (bicyclic) bond motifs is 1. The highest BCUT2D eigenvalue weighted by Gasteiger charge is 2.10. The Morgan fingerprint density at radius 3 is 2.81 bits per heavy atom. The second-order valence-electron chi connectivity index (χ2n) is 3.41. The van der Waals surface area contributed by atoms with Crippen molar-refractivity contribution in [2.75, 3.05) is 18.5 Å². The molecule has 0 bridgehead atoms. The van der Waals surface area contributed by atoms with E-state index in [1.54, 1.807) is 18.2 Å². The molecule has 0 unspecified atom stereocenters. The molecular weight excluding hydrogens is 206 g/mol. The number of rotatable bonds is 2. The van der Waals surface area contributed by atoms with E-state index in [9.17, 15) is 4.79 Å². The summed E-state index contributed by atoms with van der Waals surface area (Å²) in [4.78, 5) is 11.1. The predicted molar refractivity (Wildman–Crippen MR) is 60.9 cm³/mol. The predicted octanol–water partition coefficient (Wildman–Crippen LogP) is 1.97. The molecule has 1 amide bonds. The monoisotopic (exact) mass is 219 g/mol. The van der Waals surface area contributed by atoms with Crippen LogP contribution in [-0.4, -0.2) is 19.1 Å². The Balaban J connectivity index is 2.20. The average Bonchev–Trinajstić information content (AvgIpc) is 2.53. The molecule has 84 valence electrons. The van der Waals surface area contributed by atoms with Gasteiger partial charge in [-0.25, -0.2) is 0 Å². The van der Waals surface area contributed by atoms with Crippen LogP contribution in [0.5, 0.6) is 11.5 Å². The van der Waals surface area contributed by atoms with Gasteiger partial charge < -0.3 is 14.8 Å². The van der Waals surface area contributed by atoms with Crippen LogP contribution < -0.4 is 14.8 Å². The van der Waals surface area contributed by atoms with E-state index in [2.05, 4.69) is 11.9 Å². The second-order valence-corrected chi connectivity index (χ2v) is 3.41. The van der Waals surface area contributed by atoms with Gasteiger partial charge in [0, 0.05) is 18.2 Å². The first kappa shape index (κ1) is 10.5. The highest BCUT2D eigenvalue weighted by molar-refractivity contribution is 5.99. The lowest BCUT2D eigenvalue weighted by Gasteiger charge is -2.09. The summed E-state index contributed by atoms with van der Waals surface area (Å²) in [6.07, 6.45) is 2.09. The summed E-state index contributed by atoms with van der Waals surface area (Å²) < 4.78 is 11.0. The van der Waals surface area contributed by atoms with Gasteiger partial charge in [0.15, 0.2) is 11.5 Å². The number of hydrogen-bond acceptors (Lipinski definition) is 3. The number of hydrogen-bond donors (Lipinski definition) is 1. The molecule has 4 heteroatoms. The molecule has 1 aromatic rings. The smallest absolute Gasteiger partial charge is 0.247 e. The Morgan fingerprint density at radius 1 is 1.31 bits per heavy atom. The normalized spacial score (nSPS) is 13.8. The van der Waals surface area contributed by atoms with Gasteiger partial charge in [-0.15, -0.1) is 0 Å². The lowest BCUT2D eigenvalue weighted by molar-refractivity contribution is -0.111. The van der Waals surface area contributed by atoms with Gasteiger partial charge in [-0.1, -0.05) is 6.58 Å². The minimum Gasteiger partial charge on any atom is -0.490 e. The van der Waals surface area contributed by atoms with Crippen molar-refractivity contribution < 1.29 is 14.3 Å². The van der Waals surface area contributed by atoms with Gasteiger partial charge in [0.1, 0.15) is 0 Å². The van der Waals surface area contributed by atoms with Crippen LogP contribution in [0.3, 0.4) is 0 Å². The van der Waals surface area contributed by atoms with Gasteiger partial charge in [0.25, 0.3) is 0 Å². The van der Waals surface area contributed by atoms with Gasteiger partial charge in [0.05, 0.1) is 13.2 Å². The fraction of sp³-hybridized carbons (Fsp3) is 0.250. The SMILES string of the molecule is C=CC(=O)Nc1ccc2c(c1)OCCCO2. The van der Waals surface area contributed by atoms with Crippen molar-refractivity contribution in [3.05, 3.63) is 30.9 Å². The zero-order chi connectivity index (χ0) is 11.4. The molecule has 2 rings (SSSR count). The maximum atomic E-state index is 11.1. The van der Waals surface area contributed by atoms with E-state index in [0.717, 1.165) is 6.42 Å². The highest BCUT2D eigenvalue weighted by atomic mass is 16.5. The van der Waals surface area contributed by atoms with Gasteiger partial charge in [-0.2, -0.15) is 0 Å². The molecule has 0 atom stereocenters. The number of nitrogens with one attached hydrogen (secondary N) is 1. The zero-order valence-electron chi connectivity index (χ0n) is 8.86. The minimum absolute atomic E-state index is 0.241. The molecule has 0 fully saturated rings. The number of carbonyl (C=O) groups excluding carboxylic acids is 1. The van der Waals surface area contributed by atoms with Crippen LogP contribution in [0.15, 0.2) is 30.9 Å². The largest absolute Gasteiger partial charge is 0.490 e. The van der Waals surface area contributed by atoms with Crippen LogP contribution in [0.4, 0.5) is 5.69 Å². The van der Waals surface area contributed by atoms with E-state index in [0.29, 0.717) is 30.4 Å². The van der Waals surface area contributed by atoms with Crippen molar-refractivity contribution in [1.82, 2.24) is 0 Å².